The highest BCUT2D eigenvalue weighted by molar-refractivity contribution is 5.90. The van der Waals surface area contributed by atoms with Gasteiger partial charge in [0, 0.05) is 16.6 Å². The largest absolute Gasteiger partial charge is 0.305 e. The smallest absolute Gasteiger partial charge is 0.250 e. The molecule has 3 rings (SSSR count). The summed E-state index contributed by atoms with van der Waals surface area (Å²) in [5.74, 6) is 7.84. The zero-order valence-electron chi connectivity index (χ0n) is 22.5. The number of nitrogens with one attached hydrogen (secondary N) is 2. The van der Waals surface area contributed by atoms with Crippen LogP contribution in [0.25, 0.3) is 0 Å². The summed E-state index contributed by atoms with van der Waals surface area (Å²) in [5, 5.41) is 9.23. The Bertz CT molecular complexity index is 853. The minimum atomic E-state index is -0.787. The van der Waals surface area contributed by atoms with Crippen LogP contribution in [0.5, 0.6) is 0 Å². The Hall–Kier alpha value is -1.43. The van der Waals surface area contributed by atoms with Gasteiger partial charge in [0.05, 0.1) is 5.41 Å². The molecule has 33 heavy (non-hydrogen) atoms. The molecule has 1 aromatic rings. The summed E-state index contributed by atoms with van der Waals surface area (Å²) in [6.45, 7) is 20.0. The molecule has 0 aromatic heterocycles. The Balaban J connectivity index is 2.15. The van der Waals surface area contributed by atoms with Gasteiger partial charge in [0.1, 0.15) is 5.66 Å². The van der Waals surface area contributed by atoms with E-state index in [1.807, 2.05) is 18.2 Å². The Morgan fingerprint density at radius 3 is 1.94 bits per heavy atom. The summed E-state index contributed by atoms with van der Waals surface area (Å²) < 4.78 is 0. The molecular weight excluding hydrogens is 408 g/mol. The maximum absolute atomic E-state index is 14.8. The fourth-order valence-corrected chi connectivity index (χ4v) is 7.96. The van der Waals surface area contributed by atoms with E-state index < -0.39 is 16.6 Å². The molecule has 2 aliphatic rings. The number of hydrogen-bond acceptors (Lipinski definition) is 4. The summed E-state index contributed by atoms with van der Waals surface area (Å²) in [5.41, 5.74) is -0.949. The van der Waals surface area contributed by atoms with Crippen molar-refractivity contribution in [2.75, 3.05) is 0 Å². The molecule has 2 saturated heterocycles. The molecule has 2 fully saturated rings. The molecule has 5 unspecified atom stereocenters. The van der Waals surface area contributed by atoms with Crippen LogP contribution in [-0.2, 0) is 10.2 Å². The molecule has 5 heteroatoms. The molecule has 0 bridgehead atoms. The lowest BCUT2D eigenvalue weighted by Crippen LogP contribution is -2.76. The van der Waals surface area contributed by atoms with Gasteiger partial charge in [-0.1, -0.05) is 51.1 Å². The molecule has 0 aliphatic carbocycles. The van der Waals surface area contributed by atoms with Crippen molar-refractivity contribution < 1.29 is 4.79 Å². The zero-order valence-corrected chi connectivity index (χ0v) is 22.5. The second kappa shape index (κ2) is 8.66. The van der Waals surface area contributed by atoms with E-state index in [4.69, 9.17) is 5.84 Å². The SMILES string of the molecule is CCC(C(=O)N(N)C1(C)CC(C)CC(C)(C)N1)(c1ccccc1)C1(C)CC(C)CC(C)(C)N1. The van der Waals surface area contributed by atoms with Crippen LogP contribution in [-0.4, -0.2) is 33.2 Å². The van der Waals surface area contributed by atoms with Gasteiger partial charge in [-0.3, -0.25) is 15.1 Å². The highest BCUT2D eigenvalue weighted by atomic mass is 16.2. The predicted molar refractivity (Wildman–Crippen MR) is 137 cm³/mol. The lowest BCUT2D eigenvalue weighted by atomic mass is 9.57. The minimum Gasteiger partial charge on any atom is -0.305 e. The van der Waals surface area contributed by atoms with Crippen molar-refractivity contribution in [3.05, 3.63) is 35.9 Å². The first-order chi connectivity index (χ1) is 15.1. The zero-order chi connectivity index (χ0) is 24.9. The summed E-state index contributed by atoms with van der Waals surface area (Å²) in [4.78, 5) is 14.8. The van der Waals surface area contributed by atoms with Crippen molar-refractivity contribution in [1.82, 2.24) is 15.6 Å². The third-order valence-electron chi connectivity index (χ3n) is 8.30. The van der Waals surface area contributed by atoms with Crippen LogP contribution in [0.4, 0.5) is 0 Å². The van der Waals surface area contributed by atoms with Crippen LogP contribution in [0.3, 0.4) is 0 Å². The number of carbonyl (C=O) groups is 1. The quantitative estimate of drug-likeness (QED) is 0.327. The van der Waals surface area contributed by atoms with Crippen LogP contribution in [0, 0.1) is 11.8 Å². The number of nitrogens with two attached hydrogens (primary N) is 1. The molecule has 1 amide bonds. The van der Waals surface area contributed by atoms with Gasteiger partial charge >= 0.3 is 0 Å². The summed E-state index contributed by atoms with van der Waals surface area (Å²) >= 11 is 0. The van der Waals surface area contributed by atoms with Crippen molar-refractivity contribution in [3.63, 3.8) is 0 Å². The number of benzene rings is 1. The Morgan fingerprint density at radius 2 is 1.45 bits per heavy atom. The summed E-state index contributed by atoms with van der Waals surface area (Å²) in [7, 11) is 0. The fourth-order valence-electron chi connectivity index (χ4n) is 7.96. The highest BCUT2D eigenvalue weighted by Crippen LogP contribution is 2.49. The second-order valence-electron chi connectivity index (χ2n) is 13.0. The van der Waals surface area contributed by atoms with Crippen LogP contribution >= 0.6 is 0 Å². The van der Waals surface area contributed by atoms with Gasteiger partial charge in [0.25, 0.3) is 5.91 Å². The van der Waals surface area contributed by atoms with Crippen LogP contribution in [0.2, 0.25) is 0 Å². The Kier molecular flexibility index (Phi) is 6.87. The van der Waals surface area contributed by atoms with Gasteiger partial charge in [-0.15, -0.1) is 0 Å². The molecule has 5 atom stereocenters. The molecule has 2 aliphatic heterocycles. The standard InChI is InChI=1S/C28H48N4O/c1-10-28(22-14-12-11-13-15-22,26(8)18-20(2)16-24(4,5)30-26)23(33)32(29)27(9)19-21(3)17-25(6,7)31-27/h11-15,20-21,30-31H,10,16-19,29H2,1-9H3. The van der Waals surface area contributed by atoms with Gasteiger partial charge in [0.2, 0.25) is 0 Å². The molecule has 0 spiro atoms. The number of hydrazine groups is 1. The van der Waals surface area contributed by atoms with Gasteiger partial charge in [-0.25, -0.2) is 5.84 Å². The predicted octanol–water partition coefficient (Wildman–Crippen LogP) is 5.11. The third kappa shape index (κ3) is 4.74. The van der Waals surface area contributed by atoms with Crippen molar-refractivity contribution >= 4 is 5.91 Å². The first kappa shape index (κ1) is 26.2. The fraction of sp³-hybridized carbons (Fsp3) is 0.750. The van der Waals surface area contributed by atoms with E-state index >= 15 is 0 Å². The van der Waals surface area contributed by atoms with E-state index in [1.165, 1.54) is 0 Å². The first-order valence-corrected chi connectivity index (χ1v) is 12.8. The van der Waals surface area contributed by atoms with Crippen molar-refractivity contribution in [3.8, 4) is 0 Å². The molecule has 4 N–H and O–H groups in total. The number of rotatable bonds is 5. The van der Waals surface area contributed by atoms with E-state index in [0.717, 1.165) is 31.2 Å². The van der Waals surface area contributed by atoms with Crippen molar-refractivity contribution in [2.24, 2.45) is 17.7 Å². The monoisotopic (exact) mass is 456 g/mol. The van der Waals surface area contributed by atoms with Crippen LogP contribution in [0.15, 0.2) is 30.3 Å². The van der Waals surface area contributed by atoms with E-state index in [9.17, 15) is 4.79 Å². The van der Waals surface area contributed by atoms with E-state index in [1.54, 1.807) is 5.01 Å². The van der Waals surface area contributed by atoms with Crippen molar-refractivity contribution in [1.29, 1.82) is 0 Å². The van der Waals surface area contributed by atoms with Crippen molar-refractivity contribution in [2.45, 2.75) is 122 Å². The molecule has 5 nitrogen and oxygen atoms in total. The normalized spacial score (nSPS) is 35.5. The average Bonchev–Trinajstić information content (AvgIpc) is 2.65. The summed E-state index contributed by atoms with van der Waals surface area (Å²) in [6, 6.07) is 10.3. The number of carbonyl (C=O) groups excluding carboxylic acids is 1. The maximum Gasteiger partial charge on any atom is 0.250 e. The highest BCUT2D eigenvalue weighted by Gasteiger charge is 2.60. The van der Waals surface area contributed by atoms with Gasteiger partial charge in [-0.2, -0.15) is 0 Å². The van der Waals surface area contributed by atoms with Crippen LogP contribution < -0.4 is 16.5 Å². The molecule has 1 aromatic carbocycles. The summed E-state index contributed by atoms with van der Waals surface area (Å²) in [6.07, 6.45) is 4.57. The molecule has 0 saturated carbocycles. The van der Waals surface area contributed by atoms with E-state index in [2.05, 4.69) is 85.1 Å². The molecular formula is C28H48N4O. The topological polar surface area (TPSA) is 70.4 Å². The molecule has 2 heterocycles. The number of hydrogen-bond donors (Lipinski definition) is 3. The van der Waals surface area contributed by atoms with Crippen LogP contribution in [0.1, 0.15) is 100.0 Å². The Morgan fingerprint density at radius 1 is 0.939 bits per heavy atom. The second-order valence-corrected chi connectivity index (χ2v) is 13.0. The van der Waals surface area contributed by atoms with Gasteiger partial charge < -0.3 is 5.32 Å². The van der Waals surface area contributed by atoms with Gasteiger partial charge in [-0.05, 0) is 91.0 Å². The van der Waals surface area contributed by atoms with Gasteiger partial charge in [0.15, 0.2) is 0 Å². The maximum atomic E-state index is 14.8. The first-order valence-electron chi connectivity index (χ1n) is 12.8. The number of nitrogens with zero attached hydrogens (tertiary/aromatic N) is 1. The lowest BCUT2D eigenvalue weighted by Gasteiger charge is -2.59. The van der Waals surface area contributed by atoms with E-state index in [0.29, 0.717) is 18.3 Å². The number of amides is 1. The Labute approximate surface area is 202 Å². The molecule has 186 valence electrons. The third-order valence-corrected chi connectivity index (χ3v) is 8.30. The molecule has 0 radical (unpaired) electrons. The van der Waals surface area contributed by atoms with E-state index in [-0.39, 0.29) is 17.0 Å². The number of piperidine rings is 2. The average molecular weight is 457 g/mol. The minimum absolute atomic E-state index is 0.00370. The lowest BCUT2D eigenvalue weighted by molar-refractivity contribution is -0.155.